The van der Waals surface area contributed by atoms with E-state index in [9.17, 15) is 9.59 Å². The highest BCUT2D eigenvalue weighted by Crippen LogP contribution is 2.15. The number of carbonyl (C=O) groups excluding carboxylic acids is 1. The smallest absolute Gasteiger partial charge is 0.356 e. The molecule has 6 heteroatoms. The van der Waals surface area contributed by atoms with E-state index in [1.165, 1.54) is 5.51 Å². The second kappa shape index (κ2) is 4.19. The number of aromatic nitrogens is 1. The van der Waals surface area contributed by atoms with Gasteiger partial charge in [0.25, 0.3) is 0 Å². The number of carbonyl (C=O) groups is 2. The summed E-state index contributed by atoms with van der Waals surface area (Å²) in [4.78, 5) is 25.5. The van der Waals surface area contributed by atoms with Crippen molar-refractivity contribution in [2.45, 2.75) is 20.0 Å². The maximum Gasteiger partial charge on any atom is 0.356 e. The molecule has 1 aromatic heterocycles. The minimum atomic E-state index is -1.22. The molecule has 1 aromatic rings. The fourth-order valence-electron chi connectivity index (χ4n) is 0.811. The van der Waals surface area contributed by atoms with E-state index in [-0.39, 0.29) is 16.7 Å². The summed E-state index contributed by atoms with van der Waals surface area (Å²) in [6.07, 6.45) is -0.272. The Morgan fingerprint density at radius 2 is 2.21 bits per heavy atom. The Morgan fingerprint density at radius 3 is 2.71 bits per heavy atom. The van der Waals surface area contributed by atoms with Crippen LogP contribution in [-0.4, -0.2) is 28.1 Å². The molecule has 0 fully saturated rings. The molecule has 1 N–H and O–H groups in total. The number of hydrogen-bond donors (Lipinski definition) is 1. The van der Waals surface area contributed by atoms with Gasteiger partial charge in [-0.3, -0.25) is 0 Å². The minimum Gasteiger partial charge on any atom is -0.476 e. The molecule has 5 nitrogen and oxygen atoms in total. The average molecular weight is 215 g/mol. The van der Waals surface area contributed by atoms with Gasteiger partial charge in [0.05, 0.1) is 11.6 Å². The first-order valence-corrected chi connectivity index (χ1v) is 4.78. The molecule has 0 radical (unpaired) electrons. The summed E-state index contributed by atoms with van der Waals surface area (Å²) in [6, 6.07) is 0. The third-order valence-electron chi connectivity index (χ3n) is 1.30. The molecular formula is C8H9NO4S. The van der Waals surface area contributed by atoms with E-state index in [2.05, 4.69) is 4.98 Å². The summed E-state index contributed by atoms with van der Waals surface area (Å²) in [5.41, 5.74) is 1.06. The molecule has 14 heavy (non-hydrogen) atoms. The lowest BCUT2D eigenvalue weighted by Gasteiger charge is -2.05. The molecule has 0 amide bonds. The van der Waals surface area contributed by atoms with E-state index in [0.29, 0.717) is 0 Å². The van der Waals surface area contributed by atoms with Crippen LogP contribution in [0, 0.1) is 0 Å². The van der Waals surface area contributed by atoms with Crippen LogP contribution in [0.3, 0.4) is 0 Å². The standard InChI is InChI=1S/C8H9NO4S/c1-4(2)13-8(12)6-5(7(10)11)9-3-14-6/h3-4H,1-2H3,(H,10,11). The Morgan fingerprint density at radius 1 is 1.57 bits per heavy atom. The van der Waals surface area contributed by atoms with E-state index in [0.717, 1.165) is 11.3 Å². The van der Waals surface area contributed by atoms with E-state index >= 15 is 0 Å². The normalized spacial score (nSPS) is 10.2. The summed E-state index contributed by atoms with van der Waals surface area (Å²) in [5, 5.41) is 8.67. The van der Waals surface area contributed by atoms with Crippen molar-refractivity contribution < 1.29 is 19.4 Å². The number of nitrogens with zero attached hydrogens (tertiary/aromatic N) is 1. The Hall–Kier alpha value is -1.43. The monoisotopic (exact) mass is 215 g/mol. The number of hydrogen-bond acceptors (Lipinski definition) is 5. The molecule has 0 saturated heterocycles. The third kappa shape index (κ3) is 2.29. The summed E-state index contributed by atoms with van der Waals surface area (Å²) in [5.74, 6) is -1.86. The highest BCUT2D eigenvalue weighted by Gasteiger charge is 2.21. The second-order valence-corrected chi connectivity index (χ2v) is 3.64. The van der Waals surface area contributed by atoms with Crippen molar-refractivity contribution in [3.05, 3.63) is 16.1 Å². The Balaban J connectivity index is 2.90. The van der Waals surface area contributed by atoms with Gasteiger partial charge in [-0.2, -0.15) is 0 Å². The van der Waals surface area contributed by atoms with E-state index < -0.39 is 11.9 Å². The maximum atomic E-state index is 11.3. The van der Waals surface area contributed by atoms with Crippen LogP contribution in [0.2, 0.25) is 0 Å². The first-order chi connectivity index (χ1) is 6.52. The molecular weight excluding hydrogens is 206 g/mol. The zero-order valence-electron chi connectivity index (χ0n) is 7.68. The van der Waals surface area contributed by atoms with Crippen molar-refractivity contribution in [3.8, 4) is 0 Å². The van der Waals surface area contributed by atoms with Crippen LogP contribution >= 0.6 is 11.3 Å². The van der Waals surface area contributed by atoms with Crippen molar-refractivity contribution in [1.29, 1.82) is 0 Å². The van der Waals surface area contributed by atoms with Crippen LogP contribution in [0.5, 0.6) is 0 Å². The first kappa shape index (κ1) is 10.6. The van der Waals surface area contributed by atoms with Crippen molar-refractivity contribution >= 4 is 23.3 Å². The van der Waals surface area contributed by atoms with Gasteiger partial charge in [-0.1, -0.05) is 0 Å². The van der Waals surface area contributed by atoms with Crippen LogP contribution in [0.1, 0.15) is 34.0 Å². The van der Waals surface area contributed by atoms with Crippen molar-refractivity contribution in [2.24, 2.45) is 0 Å². The lowest BCUT2D eigenvalue weighted by Crippen LogP contribution is -2.13. The maximum absolute atomic E-state index is 11.3. The zero-order valence-corrected chi connectivity index (χ0v) is 8.50. The summed E-state index contributed by atoms with van der Waals surface area (Å²) in [7, 11) is 0. The lowest BCUT2D eigenvalue weighted by molar-refractivity contribution is 0.0376. The number of carboxylic acids is 1. The molecule has 0 bridgehead atoms. The summed E-state index contributed by atoms with van der Waals surface area (Å²) >= 11 is 0.961. The molecule has 0 atom stereocenters. The number of thiazole rings is 1. The fourth-order valence-corrected chi connectivity index (χ4v) is 1.47. The predicted molar refractivity (Wildman–Crippen MR) is 49.6 cm³/mol. The molecule has 0 aliphatic heterocycles. The number of esters is 1. The highest BCUT2D eigenvalue weighted by molar-refractivity contribution is 7.12. The van der Waals surface area contributed by atoms with Crippen molar-refractivity contribution in [1.82, 2.24) is 4.98 Å². The molecule has 0 aromatic carbocycles. The molecule has 0 unspecified atom stereocenters. The number of carboxylic acid groups (broad SMARTS) is 1. The zero-order chi connectivity index (χ0) is 10.7. The molecule has 0 aliphatic carbocycles. The van der Waals surface area contributed by atoms with Crippen molar-refractivity contribution in [3.63, 3.8) is 0 Å². The van der Waals surface area contributed by atoms with Crippen LogP contribution in [0.25, 0.3) is 0 Å². The molecule has 0 aliphatic rings. The quantitative estimate of drug-likeness (QED) is 0.771. The minimum absolute atomic E-state index is 0.0335. The lowest BCUT2D eigenvalue weighted by atomic mass is 10.3. The highest BCUT2D eigenvalue weighted by atomic mass is 32.1. The van der Waals surface area contributed by atoms with Gasteiger partial charge < -0.3 is 9.84 Å². The summed E-state index contributed by atoms with van der Waals surface area (Å²) in [6.45, 7) is 3.39. The fraction of sp³-hybridized carbons (Fsp3) is 0.375. The van der Waals surface area contributed by atoms with Crippen LogP contribution in [0.4, 0.5) is 0 Å². The van der Waals surface area contributed by atoms with Crippen molar-refractivity contribution in [2.75, 3.05) is 0 Å². The van der Waals surface area contributed by atoms with Gasteiger partial charge in [-0.05, 0) is 13.8 Å². The Bertz CT molecular complexity index is 358. The molecule has 1 rings (SSSR count). The van der Waals surface area contributed by atoms with Gasteiger partial charge in [0.2, 0.25) is 0 Å². The molecule has 1 heterocycles. The van der Waals surface area contributed by atoms with Gasteiger partial charge in [0.1, 0.15) is 4.88 Å². The largest absolute Gasteiger partial charge is 0.476 e. The predicted octanol–water partition coefficient (Wildman–Crippen LogP) is 1.41. The first-order valence-electron chi connectivity index (χ1n) is 3.90. The number of aromatic carboxylic acids is 1. The molecule has 0 saturated carbocycles. The summed E-state index contributed by atoms with van der Waals surface area (Å²) < 4.78 is 4.85. The van der Waals surface area contributed by atoms with Gasteiger partial charge in [-0.15, -0.1) is 11.3 Å². The van der Waals surface area contributed by atoms with Gasteiger partial charge in [-0.25, -0.2) is 14.6 Å². The average Bonchev–Trinajstić information content (AvgIpc) is 2.49. The van der Waals surface area contributed by atoms with E-state index in [1.807, 2.05) is 0 Å². The topological polar surface area (TPSA) is 76.5 Å². The molecule has 76 valence electrons. The third-order valence-corrected chi connectivity index (χ3v) is 2.10. The Kier molecular flexibility index (Phi) is 3.19. The number of rotatable bonds is 3. The van der Waals surface area contributed by atoms with Gasteiger partial charge in [0.15, 0.2) is 5.69 Å². The van der Waals surface area contributed by atoms with Crippen LogP contribution < -0.4 is 0 Å². The van der Waals surface area contributed by atoms with Crippen LogP contribution in [-0.2, 0) is 4.74 Å². The van der Waals surface area contributed by atoms with E-state index in [4.69, 9.17) is 9.84 Å². The molecule has 0 spiro atoms. The SMILES string of the molecule is CC(C)OC(=O)c1scnc1C(=O)O. The Labute approximate surface area is 84.3 Å². The second-order valence-electron chi connectivity index (χ2n) is 2.79. The van der Waals surface area contributed by atoms with E-state index in [1.54, 1.807) is 13.8 Å². The number of ether oxygens (including phenoxy) is 1. The van der Waals surface area contributed by atoms with Gasteiger partial charge >= 0.3 is 11.9 Å². The van der Waals surface area contributed by atoms with Crippen LogP contribution in [0.15, 0.2) is 5.51 Å². The van der Waals surface area contributed by atoms with Gasteiger partial charge in [0, 0.05) is 0 Å².